The van der Waals surface area contributed by atoms with E-state index in [1.807, 2.05) is 56.0 Å². The number of pyridine rings is 1. The number of ether oxygens (including phenoxy) is 1. The molecule has 0 bridgehead atoms. The minimum Gasteiger partial charge on any atom is -0.444 e. The number of fused-ring (bicyclic) bond motifs is 2. The number of aryl methyl sites for hydroxylation is 1. The number of nitrogens with zero attached hydrogens (tertiary/aromatic N) is 6. The summed E-state index contributed by atoms with van der Waals surface area (Å²) in [6.07, 6.45) is 2.81. The number of nitrogens with one attached hydrogen (secondary N) is 1. The quantitative estimate of drug-likeness (QED) is 0.375. The van der Waals surface area contributed by atoms with Crippen LogP contribution in [0.2, 0.25) is 0 Å². The molecule has 1 atom stereocenters. The van der Waals surface area contributed by atoms with Crippen LogP contribution in [0.4, 0.5) is 10.7 Å². The number of hydrogen-bond donors (Lipinski definition) is 1. The normalized spacial score (nSPS) is 15.5. The molecule has 214 valence electrons. The van der Waals surface area contributed by atoms with Crippen molar-refractivity contribution in [2.75, 3.05) is 18.0 Å². The maximum absolute atomic E-state index is 14.0. The van der Waals surface area contributed by atoms with Crippen molar-refractivity contribution in [3.63, 3.8) is 0 Å². The number of hydrogen-bond acceptors (Lipinski definition) is 7. The van der Waals surface area contributed by atoms with Crippen molar-refractivity contribution in [2.24, 2.45) is 7.05 Å². The first kappa shape index (κ1) is 28.0. The first-order chi connectivity index (χ1) is 19.6. The highest BCUT2D eigenvalue weighted by atomic mass is 16.6. The Morgan fingerprint density at radius 3 is 2.71 bits per heavy atom. The Bertz CT molecular complexity index is 1790. The molecule has 1 saturated heterocycles. The van der Waals surface area contributed by atoms with Crippen LogP contribution in [0.5, 0.6) is 0 Å². The second-order valence-electron chi connectivity index (χ2n) is 11.2. The van der Waals surface area contributed by atoms with Gasteiger partial charge in [-0.05, 0) is 58.2 Å². The molecule has 0 aliphatic carbocycles. The number of alkyl carbamates (subject to hydrolysis) is 1. The molecule has 0 radical (unpaired) electrons. The lowest BCUT2D eigenvalue weighted by Gasteiger charge is -2.34. The zero-order valence-electron chi connectivity index (χ0n) is 24.1. The summed E-state index contributed by atoms with van der Waals surface area (Å²) >= 11 is 0. The van der Waals surface area contributed by atoms with Gasteiger partial charge >= 0.3 is 11.8 Å². The summed E-state index contributed by atoms with van der Waals surface area (Å²) in [7, 11) is 1.63. The van der Waals surface area contributed by atoms with Crippen LogP contribution < -0.4 is 21.5 Å². The largest absolute Gasteiger partial charge is 0.444 e. The maximum atomic E-state index is 14.0. The smallest absolute Gasteiger partial charge is 0.407 e. The SMILES string of the molecule is CC#CCn1c(N2CCCC(NC(=O)OC(C)(C)C)C2)nc2c1c(=O)n(Cc1ccnc3ccccc13)c(=O)n2C. The summed E-state index contributed by atoms with van der Waals surface area (Å²) in [4.78, 5) is 51.2. The van der Waals surface area contributed by atoms with Crippen molar-refractivity contribution in [2.45, 2.75) is 65.3 Å². The van der Waals surface area contributed by atoms with E-state index in [-0.39, 0.29) is 19.1 Å². The monoisotopic (exact) mass is 557 g/mol. The number of anilines is 1. The van der Waals surface area contributed by atoms with Gasteiger partial charge in [0.25, 0.3) is 5.56 Å². The molecule has 1 aliphatic heterocycles. The van der Waals surface area contributed by atoms with Crippen LogP contribution >= 0.6 is 0 Å². The van der Waals surface area contributed by atoms with Crippen molar-refractivity contribution >= 4 is 34.1 Å². The van der Waals surface area contributed by atoms with Gasteiger partial charge in [0.1, 0.15) is 5.60 Å². The van der Waals surface area contributed by atoms with Gasteiger partial charge in [-0.3, -0.25) is 23.5 Å². The molecule has 11 nitrogen and oxygen atoms in total. The van der Waals surface area contributed by atoms with Crippen molar-refractivity contribution in [3.05, 3.63) is 62.9 Å². The fourth-order valence-corrected chi connectivity index (χ4v) is 5.26. The topological polar surface area (TPSA) is 116 Å². The predicted octanol–water partition coefficient (Wildman–Crippen LogP) is 3.01. The maximum Gasteiger partial charge on any atom is 0.407 e. The van der Waals surface area contributed by atoms with Gasteiger partial charge < -0.3 is 15.0 Å². The van der Waals surface area contributed by atoms with E-state index in [2.05, 4.69) is 22.1 Å². The van der Waals surface area contributed by atoms with E-state index in [0.29, 0.717) is 30.2 Å². The lowest BCUT2D eigenvalue weighted by molar-refractivity contribution is 0.0499. The molecule has 41 heavy (non-hydrogen) atoms. The van der Waals surface area contributed by atoms with Gasteiger partial charge in [0, 0.05) is 37.8 Å². The Balaban J connectivity index is 1.56. The molecule has 11 heteroatoms. The molecule has 4 heterocycles. The minimum absolute atomic E-state index is 0.0933. The summed E-state index contributed by atoms with van der Waals surface area (Å²) in [5.41, 5.74) is 0.738. The molecule has 1 aliphatic rings. The van der Waals surface area contributed by atoms with E-state index in [4.69, 9.17) is 9.72 Å². The van der Waals surface area contributed by atoms with E-state index in [1.165, 1.54) is 9.13 Å². The van der Waals surface area contributed by atoms with Crippen LogP contribution in [-0.4, -0.2) is 54.5 Å². The van der Waals surface area contributed by atoms with Crippen LogP contribution in [0.25, 0.3) is 22.1 Å². The second kappa shape index (κ2) is 11.1. The summed E-state index contributed by atoms with van der Waals surface area (Å²) in [6, 6.07) is 9.31. The van der Waals surface area contributed by atoms with Crippen LogP contribution in [0.1, 0.15) is 46.1 Å². The Labute approximate surface area is 237 Å². The fraction of sp³-hybridized carbons (Fsp3) is 0.433. The Kier molecular flexibility index (Phi) is 7.58. The van der Waals surface area contributed by atoms with Gasteiger partial charge in [0.2, 0.25) is 5.95 Å². The number of carbonyl (C=O) groups is 1. The summed E-state index contributed by atoms with van der Waals surface area (Å²) in [5.74, 6) is 6.50. The molecule has 1 aromatic carbocycles. The van der Waals surface area contributed by atoms with E-state index >= 15 is 0 Å². The van der Waals surface area contributed by atoms with Crippen LogP contribution in [0.3, 0.4) is 0 Å². The molecule has 0 spiro atoms. The molecular formula is C30H35N7O4. The number of rotatable bonds is 5. The van der Waals surface area contributed by atoms with Crippen LogP contribution in [0, 0.1) is 11.8 Å². The molecule has 5 rings (SSSR count). The zero-order valence-corrected chi connectivity index (χ0v) is 24.1. The van der Waals surface area contributed by atoms with Gasteiger partial charge in [0.15, 0.2) is 11.2 Å². The van der Waals surface area contributed by atoms with E-state index < -0.39 is 22.9 Å². The fourth-order valence-electron chi connectivity index (χ4n) is 5.26. The number of piperidine rings is 1. The second-order valence-corrected chi connectivity index (χ2v) is 11.2. The predicted molar refractivity (Wildman–Crippen MR) is 158 cm³/mol. The van der Waals surface area contributed by atoms with Gasteiger partial charge in [-0.2, -0.15) is 4.98 Å². The number of amides is 1. The van der Waals surface area contributed by atoms with E-state index in [9.17, 15) is 14.4 Å². The number of imidazole rings is 1. The van der Waals surface area contributed by atoms with Crippen molar-refractivity contribution in [1.82, 2.24) is 29.0 Å². The third kappa shape index (κ3) is 5.68. The van der Waals surface area contributed by atoms with Gasteiger partial charge in [-0.15, -0.1) is 5.92 Å². The number of carbonyl (C=O) groups excluding carboxylic acids is 1. The Morgan fingerprint density at radius 1 is 1.17 bits per heavy atom. The van der Waals surface area contributed by atoms with Gasteiger partial charge in [0.05, 0.1) is 18.6 Å². The Morgan fingerprint density at radius 2 is 1.95 bits per heavy atom. The number of benzene rings is 1. The van der Waals surface area contributed by atoms with Crippen LogP contribution in [-0.2, 0) is 24.9 Å². The standard InChI is InChI=1S/C30H35N7O4/c1-6-7-17-36-24-25(33-27(36)35-16-10-11-21(19-35)32-28(39)41-30(2,3)4)34(5)29(40)37(26(24)38)18-20-14-15-31-23-13-9-8-12-22(20)23/h8-9,12-15,21H,10-11,16-19H2,1-5H3,(H,32,39). The molecule has 1 amide bonds. The van der Waals surface area contributed by atoms with Crippen molar-refractivity contribution in [1.29, 1.82) is 0 Å². The summed E-state index contributed by atoms with van der Waals surface area (Å²) < 4.78 is 9.89. The first-order valence-corrected chi connectivity index (χ1v) is 13.7. The molecule has 1 unspecified atom stereocenters. The third-order valence-corrected chi connectivity index (χ3v) is 7.12. The summed E-state index contributed by atoms with van der Waals surface area (Å²) in [5, 5.41) is 3.84. The van der Waals surface area contributed by atoms with Crippen molar-refractivity contribution < 1.29 is 9.53 Å². The third-order valence-electron chi connectivity index (χ3n) is 7.12. The van der Waals surface area contributed by atoms with E-state index in [0.717, 1.165) is 29.3 Å². The number of aromatic nitrogens is 5. The molecular weight excluding hydrogens is 522 g/mol. The highest BCUT2D eigenvalue weighted by Crippen LogP contribution is 2.24. The van der Waals surface area contributed by atoms with Gasteiger partial charge in [-0.25, -0.2) is 9.59 Å². The lowest BCUT2D eigenvalue weighted by atomic mass is 10.1. The molecule has 4 aromatic rings. The molecule has 0 saturated carbocycles. The lowest BCUT2D eigenvalue weighted by Crippen LogP contribution is -2.49. The minimum atomic E-state index is -0.599. The molecule has 1 N–H and O–H groups in total. The average molecular weight is 558 g/mol. The first-order valence-electron chi connectivity index (χ1n) is 13.7. The highest BCUT2D eigenvalue weighted by Gasteiger charge is 2.29. The summed E-state index contributed by atoms with van der Waals surface area (Å²) in [6.45, 7) is 8.70. The molecule has 1 fully saturated rings. The van der Waals surface area contributed by atoms with Crippen molar-refractivity contribution in [3.8, 4) is 11.8 Å². The highest BCUT2D eigenvalue weighted by molar-refractivity contribution is 5.82. The van der Waals surface area contributed by atoms with Gasteiger partial charge in [-0.1, -0.05) is 24.1 Å². The Hall–Kier alpha value is -4.59. The zero-order chi connectivity index (χ0) is 29.3. The number of para-hydroxylation sites is 1. The van der Waals surface area contributed by atoms with Crippen LogP contribution in [0.15, 0.2) is 46.1 Å². The van der Waals surface area contributed by atoms with E-state index in [1.54, 1.807) is 24.7 Å². The molecule has 3 aromatic heterocycles. The average Bonchev–Trinajstić information content (AvgIpc) is 3.32.